The summed E-state index contributed by atoms with van der Waals surface area (Å²) in [5.74, 6) is -0.990. The van der Waals surface area contributed by atoms with Crippen molar-refractivity contribution < 1.29 is 14.3 Å². The highest BCUT2D eigenvalue weighted by molar-refractivity contribution is 6.14. The molecule has 1 amide bonds. The van der Waals surface area contributed by atoms with Gasteiger partial charge in [0.05, 0.1) is 35.8 Å². The molecule has 0 fully saturated rings. The van der Waals surface area contributed by atoms with Crippen molar-refractivity contribution in [1.29, 1.82) is 0 Å². The highest BCUT2D eigenvalue weighted by atomic mass is 16.5. The zero-order valence-electron chi connectivity index (χ0n) is 17.7. The highest BCUT2D eigenvalue weighted by Crippen LogP contribution is 2.27. The van der Waals surface area contributed by atoms with Crippen molar-refractivity contribution in [3.63, 3.8) is 0 Å². The molecule has 158 valence electrons. The van der Waals surface area contributed by atoms with E-state index < -0.39 is 5.97 Å². The third-order valence-corrected chi connectivity index (χ3v) is 5.18. The molecule has 0 atom stereocenters. The summed E-state index contributed by atoms with van der Waals surface area (Å²) in [6.07, 6.45) is 3.34. The van der Waals surface area contributed by atoms with Crippen molar-refractivity contribution >= 4 is 28.5 Å². The molecule has 0 spiro atoms. The Bertz CT molecular complexity index is 1300. The van der Waals surface area contributed by atoms with E-state index in [-0.39, 0.29) is 11.6 Å². The maximum absolute atomic E-state index is 13.3. The zero-order valence-corrected chi connectivity index (χ0v) is 17.7. The fourth-order valence-electron chi connectivity index (χ4n) is 3.36. The van der Waals surface area contributed by atoms with Crippen molar-refractivity contribution in [2.75, 3.05) is 12.4 Å². The van der Waals surface area contributed by atoms with Gasteiger partial charge in [-0.2, -0.15) is 10.2 Å². The van der Waals surface area contributed by atoms with Crippen LogP contribution in [0.15, 0.2) is 42.7 Å². The van der Waals surface area contributed by atoms with E-state index in [4.69, 9.17) is 9.72 Å². The standard InChI is InChI=1S/C22H22N6O3/c1-5-28-12-19(20(26-28)22(30)31-4)25-21(29)15-10-18(16-11-23-27(3)13(16)2)24-17-9-7-6-8-14(15)17/h6-12H,5H2,1-4H3,(H,25,29). The SMILES string of the molecule is CCn1cc(NC(=O)c2cc(-c3cnn(C)c3C)nc3ccccc23)c(C(=O)OC)n1. The van der Waals surface area contributed by atoms with E-state index >= 15 is 0 Å². The van der Waals surface area contributed by atoms with Crippen LogP contribution in [0, 0.1) is 6.92 Å². The Morgan fingerprint density at radius 3 is 2.68 bits per heavy atom. The van der Waals surface area contributed by atoms with Gasteiger partial charge in [-0.15, -0.1) is 0 Å². The lowest BCUT2D eigenvalue weighted by Gasteiger charge is -2.10. The van der Waals surface area contributed by atoms with E-state index in [9.17, 15) is 9.59 Å². The largest absolute Gasteiger partial charge is 0.464 e. The molecule has 31 heavy (non-hydrogen) atoms. The van der Waals surface area contributed by atoms with Crippen LogP contribution in [0.3, 0.4) is 0 Å². The molecule has 0 aliphatic rings. The number of para-hydroxylation sites is 1. The van der Waals surface area contributed by atoms with E-state index in [1.54, 1.807) is 27.8 Å². The Morgan fingerprint density at radius 1 is 1.23 bits per heavy atom. The number of benzene rings is 1. The number of aromatic nitrogens is 5. The predicted molar refractivity (Wildman–Crippen MR) is 116 cm³/mol. The molecule has 3 heterocycles. The van der Waals surface area contributed by atoms with Crippen molar-refractivity contribution in [3.8, 4) is 11.3 Å². The first-order valence-electron chi connectivity index (χ1n) is 9.78. The Kier molecular flexibility index (Phi) is 5.24. The van der Waals surface area contributed by atoms with Crippen molar-refractivity contribution in [1.82, 2.24) is 24.5 Å². The average molecular weight is 418 g/mol. The molecule has 0 aliphatic carbocycles. The number of nitrogens with one attached hydrogen (secondary N) is 1. The van der Waals surface area contributed by atoms with E-state index in [0.29, 0.717) is 34.4 Å². The van der Waals surface area contributed by atoms with Gasteiger partial charge in [-0.25, -0.2) is 9.78 Å². The fraction of sp³-hybridized carbons (Fsp3) is 0.227. The molecular formula is C22H22N6O3. The van der Waals surface area contributed by atoms with Crippen molar-refractivity contribution in [3.05, 3.63) is 59.7 Å². The van der Waals surface area contributed by atoms with Gasteiger partial charge in [0.2, 0.25) is 0 Å². The lowest BCUT2D eigenvalue weighted by Crippen LogP contribution is -2.15. The minimum atomic E-state index is -0.617. The minimum Gasteiger partial charge on any atom is -0.464 e. The summed E-state index contributed by atoms with van der Waals surface area (Å²) in [7, 11) is 3.13. The monoisotopic (exact) mass is 418 g/mol. The minimum absolute atomic E-state index is 0.0550. The highest BCUT2D eigenvalue weighted by Gasteiger charge is 2.22. The van der Waals surface area contributed by atoms with Crippen LogP contribution in [0.4, 0.5) is 5.69 Å². The van der Waals surface area contributed by atoms with Gasteiger partial charge in [0.15, 0.2) is 5.69 Å². The quantitative estimate of drug-likeness (QED) is 0.499. The lowest BCUT2D eigenvalue weighted by molar-refractivity contribution is 0.0594. The summed E-state index contributed by atoms with van der Waals surface area (Å²) in [6.45, 7) is 4.38. The van der Waals surface area contributed by atoms with Gasteiger partial charge in [0, 0.05) is 36.4 Å². The number of esters is 1. The van der Waals surface area contributed by atoms with Crippen LogP contribution < -0.4 is 5.32 Å². The second kappa shape index (κ2) is 8.02. The molecule has 0 bridgehead atoms. The maximum Gasteiger partial charge on any atom is 0.360 e. The van der Waals surface area contributed by atoms with Crippen molar-refractivity contribution in [2.45, 2.75) is 20.4 Å². The fourth-order valence-corrected chi connectivity index (χ4v) is 3.36. The summed E-state index contributed by atoms with van der Waals surface area (Å²) < 4.78 is 8.12. The number of aryl methyl sites for hydroxylation is 2. The van der Waals surface area contributed by atoms with Gasteiger partial charge >= 0.3 is 5.97 Å². The van der Waals surface area contributed by atoms with E-state index in [0.717, 1.165) is 11.3 Å². The summed E-state index contributed by atoms with van der Waals surface area (Å²) >= 11 is 0. The second-order valence-electron chi connectivity index (χ2n) is 7.03. The molecule has 4 rings (SSSR count). The molecule has 9 heteroatoms. The van der Waals surface area contributed by atoms with E-state index in [1.165, 1.54) is 7.11 Å². The Balaban J connectivity index is 1.81. The Hall–Kier alpha value is -4.01. The third kappa shape index (κ3) is 3.65. The molecular weight excluding hydrogens is 396 g/mol. The van der Waals surface area contributed by atoms with Gasteiger partial charge in [-0.05, 0) is 26.0 Å². The number of rotatable bonds is 5. The molecule has 4 aromatic rings. The first kappa shape index (κ1) is 20.3. The topological polar surface area (TPSA) is 104 Å². The number of nitrogens with zero attached hydrogens (tertiary/aromatic N) is 5. The van der Waals surface area contributed by atoms with Crippen LogP contribution in [0.25, 0.3) is 22.2 Å². The summed E-state index contributed by atoms with van der Waals surface area (Å²) in [4.78, 5) is 30.1. The molecule has 1 aromatic carbocycles. The number of anilines is 1. The molecule has 0 radical (unpaired) electrons. The number of methoxy groups -OCH3 is 1. The predicted octanol–water partition coefficient (Wildman–Crippen LogP) is 3.20. The number of fused-ring (bicyclic) bond motifs is 1. The van der Waals surface area contributed by atoms with Crippen LogP contribution in [-0.4, -0.2) is 43.5 Å². The van der Waals surface area contributed by atoms with Gasteiger partial charge < -0.3 is 10.1 Å². The number of hydrogen-bond acceptors (Lipinski definition) is 6. The Morgan fingerprint density at radius 2 is 2.00 bits per heavy atom. The van der Waals surface area contributed by atoms with Crippen LogP contribution in [-0.2, 0) is 18.3 Å². The zero-order chi connectivity index (χ0) is 22.1. The van der Waals surface area contributed by atoms with Gasteiger partial charge in [-0.3, -0.25) is 14.2 Å². The molecule has 9 nitrogen and oxygen atoms in total. The second-order valence-corrected chi connectivity index (χ2v) is 7.03. The van der Waals surface area contributed by atoms with Crippen LogP contribution in [0.1, 0.15) is 33.5 Å². The first-order chi connectivity index (χ1) is 14.9. The average Bonchev–Trinajstić information content (AvgIpc) is 3.35. The number of amides is 1. The first-order valence-corrected chi connectivity index (χ1v) is 9.78. The molecule has 0 saturated heterocycles. The smallest absolute Gasteiger partial charge is 0.360 e. The van der Waals surface area contributed by atoms with E-state index in [2.05, 4.69) is 15.5 Å². The molecule has 3 aromatic heterocycles. The van der Waals surface area contributed by atoms with Gasteiger partial charge in [0.1, 0.15) is 0 Å². The lowest BCUT2D eigenvalue weighted by atomic mass is 10.0. The Labute approximate surface area is 178 Å². The maximum atomic E-state index is 13.3. The van der Waals surface area contributed by atoms with Gasteiger partial charge in [-0.1, -0.05) is 18.2 Å². The summed E-state index contributed by atoms with van der Waals surface area (Å²) in [5, 5.41) is 12.0. The molecule has 1 N–H and O–H groups in total. The molecule has 0 aliphatic heterocycles. The number of ether oxygens (including phenoxy) is 1. The third-order valence-electron chi connectivity index (χ3n) is 5.18. The molecule has 0 saturated carbocycles. The number of pyridine rings is 1. The van der Waals surface area contributed by atoms with E-state index in [1.807, 2.05) is 45.2 Å². The summed E-state index contributed by atoms with van der Waals surface area (Å²) in [5.41, 5.74) is 3.89. The van der Waals surface area contributed by atoms with Crippen LogP contribution in [0.5, 0.6) is 0 Å². The van der Waals surface area contributed by atoms with Gasteiger partial charge in [0.25, 0.3) is 5.91 Å². The van der Waals surface area contributed by atoms with Crippen molar-refractivity contribution in [2.24, 2.45) is 7.05 Å². The number of carbonyl (C=O) groups excluding carboxylic acids is 2. The number of hydrogen-bond donors (Lipinski definition) is 1. The molecule has 0 unspecified atom stereocenters. The number of carbonyl (C=O) groups is 2. The van der Waals surface area contributed by atoms with Crippen LogP contribution >= 0.6 is 0 Å². The normalized spacial score (nSPS) is 11.0. The summed E-state index contributed by atoms with van der Waals surface area (Å²) in [6, 6.07) is 9.16. The van der Waals surface area contributed by atoms with Crippen LogP contribution in [0.2, 0.25) is 0 Å².